The van der Waals surface area contributed by atoms with Crippen LogP contribution in [0, 0.1) is 18.2 Å². The molecule has 0 bridgehead atoms. The Labute approximate surface area is 154 Å². The molecule has 0 N–H and O–H groups in total. The van der Waals surface area contributed by atoms with Gasteiger partial charge in [0.05, 0.1) is 11.4 Å². The SMILES string of the molecule is C#CCN1C(=O)S/C(=C\c2ccc(OCc3cccc(F)c3)cc2)C1=O. The third kappa shape index (κ3) is 4.13. The first-order valence-corrected chi connectivity index (χ1v) is 8.54. The van der Waals surface area contributed by atoms with E-state index in [0.29, 0.717) is 10.7 Å². The second kappa shape index (κ2) is 7.89. The first-order chi connectivity index (χ1) is 12.6. The van der Waals surface area contributed by atoms with Crippen molar-refractivity contribution in [2.24, 2.45) is 0 Å². The lowest BCUT2D eigenvalue weighted by molar-refractivity contribution is -0.122. The molecule has 0 unspecified atom stereocenters. The van der Waals surface area contributed by atoms with E-state index < -0.39 is 0 Å². The van der Waals surface area contributed by atoms with E-state index in [1.807, 2.05) is 0 Å². The van der Waals surface area contributed by atoms with Crippen molar-refractivity contribution in [3.63, 3.8) is 0 Å². The van der Waals surface area contributed by atoms with Crippen molar-refractivity contribution in [3.05, 3.63) is 70.4 Å². The van der Waals surface area contributed by atoms with E-state index in [-0.39, 0.29) is 30.1 Å². The van der Waals surface area contributed by atoms with Gasteiger partial charge in [0.1, 0.15) is 18.2 Å². The van der Waals surface area contributed by atoms with Gasteiger partial charge in [-0.25, -0.2) is 4.39 Å². The quantitative estimate of drug-likeness (QED) is 0.590. The lowest BCUT2D eigenvalue weighted by Crippen LogP contribution is -2.28. The lowest BCUT2D eigenvalue weighted by Gasteiger charge is -2.07. The molecule has 0 aliphatic carbocycles. The van der Waals surface area contributed by atoms with Crippen molar-refractivity contribution < 1.29 is 18.7 Å². The van der Waals surface area contributed by atoms with Crippen molar-refractivity contribution in [1.29, 1.82) is 0 Å². The molecule has 4 nitrogen and oxygen atoms in total. The highest BCUT2D eigenvalue weighted by Gasteiger charge is 2.34. The summed E-state index contributed by atoms with van der Waals surface area (Å²) in [5.41, 5.74) is 1.49. The molecule has 2 aromatic carbocycles. The lowest BCUT2D eigenvalue weighted by atomic mass is 10.2. The number of ether oxygens (including phenoxy) is 1. The topological polar surface area (TPSA) is 46.6 Å². The number of hydrogen-bond donors (Lipinski definition) is 0. The Morgan fingerprint density at radius 2 is 1.96 bits per heavy atom. The molecule has 26 heavy (non-hydrogen) atoms. The second-order valence-corrected chi connectivity index (χ2v) is 6.45. The number of carbonyl (C=O) groups is 2. The molecular formula is C20H14FNO3S. The molecule has 0 spiro atoms. The number of hydrogen-bond acceptors (Lipinski definition) is 4. The van der Waals surface area contributed by atoms with Crippen molar-refractivity contribution in [2.75, 3.05) is 6.54 Å². The van der Waals surface area contributed by atoms with Crippen LogP contribution in [-0.2, 0) is 11.4 Å². The number of terminal acetylenes is 1. The van der Waals surface area contributed by atoms with Crippen LogP contribution >= 0.6 is 11.8 Å². The van der Waals surface area contributed by atoms with Gasteiger partial charge in [0, 0.05) is 0 Å². The zero-order valence-electron chi connectivity index (χ0n) is 13.6. The molecule has 2 amide bonds. The minimum absolute atomic E-state index is 0.0329. The maximum absolute atomic E-state index is 13.1. The highest BCUT2D eigenvalue weighted by Crippen LogP contribution is 2.32. The summed E-state index contributed by atoms with van der Waals surface area (Å²) in [6.45, 7) is 0.219. The van der Waals surface area contributed by atoms with E-state index in [1.54, 1.807) is 42.5 Å². The summed E-state index contributed by atoms with van der Waals surface area (Å²) < 4.78 is 18.8. The molecule has 1 saturated heterocycles. The number of imide groups is 1. The molecule has 130 valence electrons. The van der Waals surface area contributed by atoms with Crippen LogP contribution < -0.4 is 4.74 Å². The average Bonchev–Trinajstić information content (AvgIpc) is 2.89. The Balaban J connectivity index is 1.65. The molecule has 1 fully saturated rings. The van der Waals surface area contributed by atoms with Gasteiger partial charge in [-0.3, -0.25) is 14.5 Å². The van der Waals surface area contributed by atoms with Gasteiger partial charge < -0.3 is 4.74 Å². The minimum Gasteiger partial charge on any atom is -0.489 e. The average molecular weight is 367 g/mol. The largest absolute Gasteiger partial charge is 0.489 e. The Hall–Kier alpha value is -3.04. The smallest absolute Gasteiger partial charge is 0.294 e. The van der Waals surface area contributed by atoms with E-state index in [0.717, 1.165) is 27.8 Å². The van der Waals surface area contributed by atoms with Gasteiger partial charge in [0.15, 0.2) is 0 Å². The Kier molecular flexibility index (Phi) is 5.40. The predicted octanol–water partition coefficient (Wildman–Crippen LogP) is 4.07. The maximum atomic E-state index is 13.1. The zero-order chi connectivity index (χ0) is 18.5. The van der Waals surface area contributed by atoms with Crippen LogP contribution in [-0.4, -0.2) is 22.6 Å². The molecule has 0 atom stereocenters. The van der Waals surface area contributed by atoms with Gasteiger partial charge in [-0.2, -0.15) is 0 Å². The summed E-state index contributed by atoms with van der Waals surface area (Å²) in [7, 11) is 0. The van der Waals surface area contributed by atoms with Crippen LogP contribution in [0.3, 0.4) is 0 Å². The predicted molar refractivity (Wildman–Crippen MR) is 98.7 cm³/mol. The Morgan fingerprint density at radius 1 is 1.19 bits per heavy atom. The Bertz CT molecular complexity index is 915. The Morgan fingerprint density at radius 3 is 2.65 bits per heavy atom. The van der Waals surface area contributed by atoms with Crippen LogP contribution in [0.15, 0.2) is 53.4 Å². The van der Waals surface area contributed by atoms with E-state index in [1.165, 1.54) is 12.1 Å². The molecular weight excluding hydrogens is 353 g/mol. The highest BCUT2D eigenvalue weighted by molar-refractivity contribution is 8.18. The number of nitrogens with zero attached hydrogens (tertiary/aromatic N) is 1. The summed E-state index contributed by atoms with van der Waals surface area (Å²) in [6.07, 6.45) is 6.80. The van der Waals surface area contributed by atoms with Gasteiger partial charge >= 0.3 is 0 Å². The number of halogens is 1. The first-order valence-electron chi connectivity index (χ1n) is 7.73. The van der Waals surface area contributed by atoms with Crippen LogP contribution in [0.25, 0.3) is 6.08 Å². The van der Waals surface area contributed by atoms with Gasteiger partial charge in [0.2, 0.25) is 0 Å². The summed E-state index contributed by atoms with van der Waals surface area (Å²) in [6, 6.07) is 13.2. The standard InChI is InChI=1S/C20H14FNO3S/c1-2-10-22-19(23)18(26-20(22)24)12-14-6-8-17(9-7-14)25-13-15-4-3-5-16(21)11-15/h1,3-9,11-12H,10,13H2/b18-12-. The van der Waals surface area contributed by atoms with Crippen LogP contribution in [0.2, 0.25) is 0 Å². The summed E-state index contributed by atoms with van der Waals surface area (Å²) in [4.78, 5) is 25.3. The molecule has 0 saturated carbocycles. The fraction of sp³-hybridized carbons (Fsp3) is 0.100. The van der Waals surface area contributed by atoms with Crippen molar-refractivity contribution >= 4 is 29.0 Å². The molecule has 0 radical (unpaired) electrons. The summed E-state index contributed by atoms with van der Waals surface area (Å²) in [5, 5.41) is -0.366. The molecule has 2 aromatic rings. The molecule has 1 heterocycles. The third-order valence-corrected chi connectivity index (χ3v) is 4.50. The normalized spacial score (nSPS) is 15.4. The minimum atomic E-state index is -0.385. The molecule has 3 rings (SSSR count). The zero-order valence-corrected chi connectivity index (χ0v) is 14.5. The van der Waals surface area contributed by atoms with Crippen molar-refractivity contribution in [3.8, 4) is 18.1 Å². The molecule has 1 aliphatic rings. The third-order valence-electron chi connectivity index (χ3n) is 3.60. The number of rotatable bonds is 5. The fourth-order valence-corrected chi connectivity index (χ4v) is 3.17. The van der Waals surface area contributed by atoms with Crippen molar-refractivity contribution in [2.45, 2.75) is 6.61 Å². The molecule has 1 aliphatic heterocycles. The summed E-state index contributed by atoms with van der Waals surface area (Å²) >= 11 is 0.866. The number of carbonyl (C=O) groups excluding carboxylic acids is 2. The van der Waals surface area contributed by atoms with Gasteiger partial charge in [-0.1, -0.05) is 30.2 Å². The van der Waals surface area contributed by atoms with E-state index in [4.69, 9.17) is 11.2 Å². The van der Waals surface area contributed by atoms with Gasteiger partial charge in [-0.05, 0) is 53.2 Å². The van der Waals surface area contributed by atoms with E-state index in [9.17, 15) is 14.0 Å². The monoisotopic (exact) mass is 367 g/mol. The van der Waals surface area contributed by atoms with Crippen molar-refractivity contribution in [1.82, 2.24) is 4.90 Å². The van der Waals surface area contributed by atoms with Crippen LogP contribution in [0.1, 0.15) is 11.1 Å². The fourth-order valence-electron chi connectivity index (χ4n) is 2.33. The van der Waals surface area contributed by atoms with E-state index in [2.05, 4.69) is 5.92 Å². The highest BCUT2D eigenvalue weighted by atomic mass is 32.2. The van der Waals surface area contributed by atoms with Crippen LogP contribution in [0.4, 0.5) is 9.18 Å². The van der Waals surface area contributed by atoms with Crippen LogP contribution in [0.5, 0.6) is 5.75 Å². The number of amides is 2. The number of benzene rings is 2. The maximum Gasteiger partial charge on any atom is 0.294 e. The molecule has 6 heteroatoms. The molecule has 0 aromatic heterocycles. The van der Waals surface area contributed by atoms with Gasteiger partial charge in [-0.15, -0.1) is 6.42 Å². The second-order valence-electron chi connectivity index (χ2n) is 5.46. The summed E-state index contributed by atoms with van der Waals surface area (Å²) in [5.74, 6) is 2.22. The van der Waals surface area contributed by atoms with E-state index >= 15 is 0 Å². The number of thioether (sulfide) groups is 1. The van der Waals surface area contributed by atoms with Gasteiger partial charge in [0.25, 0.3) is 11.1 Å². The first kappa shape index (κ1) is 17.8.